The average molecular weight is 274 g/mol. The lowest BCUT2D eigenvalue weighted by Gasteiger charge is -2.23. The number of aromatic nitrogens is 2. The molecule has 4 heteroatoms. The number of anilines is 1. The van der Waals surface area contributed by atoms with Gasteiger partial charge in [0.25, 0.3) is 0 Å². The summed E-state index contributed by atoms with van der Waals surface area (Å²) in [5.41, 5.74) is 1.03. The molecule has 0 atom stereocenters. The van der Waals surface area contributed by atoms with Crippen molar-refractivity contribution in [3.8, 4) is 0 Å². The summed E-state index contributed by atoms with van der Waals surface area (Å²) >= 11 is 0. The summed E-state index contributed by atoms with van der Waals surface area (Å²) in [6, 6.07) is 4.75. The van der Waals surface area contributed by atoms with Crippen LogP contribution in [0.5, 0.6) is 0 Å². The van der Waals surface area contributed by atoms with E-state index in [2.05, 4.69) is 46.4 Å². The summed E-state index contributed by atoms with van der Waals surface area (Å²) in [6.45, 7) is 7.45. The molecule has 0 bridgehead atoms. The highest BCUT2D eigenvalue weighted by Gasteiger charge is 2.29. The van der Waals surface area contributed by atoms with E-state index in [4.69, 9.17) is 0 Å². The SMILES string of the molecule is CC(C)NCc1ccc(N(CC2CC2)CC2CC2)nn1. The quantitative estimate of drug-likeness (QED) is 0.791. The van der Waals surface area contributed by atoms with Crippen LogP contribution >= 0.6 is 0 Å². The van der Waals surface area contributed by atoms with Crippen LogP contribution < -0.4 is 10.2 Å². The Kier molecular flexibility index (Phi) is 4.20. The van der Waals surface area contributed by atoms with E-state index in [0.29, 0.717) is 6.04 Å². The van der Waals surface area contributed by atoms with Gasteiger partial charge in [0.1, 0.15) is 0 Å². The highest BCUT2D eigenvalue weighted by atomic mass is 15.3. The zero-order chi connectivity index (χ0) is 13.9. The number of hydrogen-bond donors (Lipinski definition) is 1. The predicted molar refractivity (Wildman–Crippen MR) is 81.7 cm³/mol. The summed E-state index contributed by atoms with van der Waals surface area (Å²) in [6.07, 6.45) is 5.58. The molecule has 1 N–H and O–H groups in total. The van der Waals surface area contributed by atoms with Crippen LogP contribution in [0.1, 0.15) is 45.2 Å². The Morgan fingerprint density at radius 3 is 2.20 bits per heavy atom. The number of rotatable bonds is 8. The Morgan fingerprint density at radius 1 is 1.10 bits per heavy atom. The predicted octanol–water partition coefficient (Wildman–Crippen LogP) is 2.60. The van der Waals surface area contributed by atoms with Crippen LogP contribution in [0.25, 0.3) is 0 Å². The summed E-state index contributed by atoms with van der Waals surface area (Å²) in [7, 11) is 0. The van der Waals surface area contributed by atoms with Gasteiger partial charge < -0.3 is 10.2 Å². The molecule has 0 amide bonds. The molecule has 4 nitrogen and oxygen atoms in total. The van der Waals surface area contributed by atoms with Gasteiger partial charge in [-0.05, 0) is 49.7 Å². The van der Waals surface area contributed by atoms with Gasteiger partial charge in [0.05, 0.1) is 5.69 Å². The van der Waals surface area contributed by atoms with Crippen molar-refractivity contribution in [3.63, 3.8) is 0 Å². The van der Waals surface area contributed by atoms with Gasteiger partial charge >= 0.3 is 0 Å². The van der Waals surface area contributed by atoms with E-state index in [9.17, 15) is 0 Å². The van der Waals surface area contributed by atoms with E-state index >= 15 is 0 Å². The van der Waals surface area contributed by atoms with Crippen LogP contribution in [-0.2, 0) is 6.54 Å². The minimum Gasteiger partial charge on any atom is -0.355 e. The lowest BCUT2D eigenvalue weighted by molar-refractivity contribution is 0.576. The first-order chi connectivity index (χ1) is 9.70. The maximum Gasteiger partial charge on any atom is 0.151 e. The third-order valence-electron chi connectivity index (χ3n) is 4.07. The topological polar surface area (TPSA) is 41.0 Å². The molecule has 3 rings (SSSR count). The first-order valence-corrected chi connectivity index (χ1v) is 8.01. The zero-order valence-electron chi connectivity index (χ0n) is 12.7. The monoisotopic (exact) mass is 274 g/mol. The fourth-order valence-electron chi connectivity index (χ4n) is 2.41. The Hall–Kier alpha value is -1.16. The number of nitrogens with one attached hydrogen (secondary N) is 1. The van der Waals surface area contributed by atoms with E-state index in [0.717, 1.165) is 29.9 Å². The molecule has 2 aliphatic carbocycles. The molecule has 110 valence electrons. The van der Waals surface area contributed by atoms with E-state index in [1.54, 1.807) is 0 Å². The van der Waals surface area contributed by atoms with E-state index in [1.807, 2.05) is 0 Å². The van der Waals surface area contributed by atoms with Crippen molar-refractivity contribution in [3.05, 3.63) is 17.8 Å². The van der Waals surface area contributed by atoms with Crippen molar-refractivity contribution in [2.24, 2.45) is 11.8 Å². The van der Waals surface area contributed by atoms with Gasteiger partial charge in [0.2, 0.25) is 0 Å². The van der Waals surface area contributed by atoms with E-state index in [-0.39, 0.29) is 0 Å². The molecular weight excluding hydrogens is 248 g/mol. The van der Waals surface area contributed by atoms with Gasteiger partial charge in [0, 0.05) is 25.7 Å². The molecule has 0 aromatic carbocycles. The third kappa shape index (κ3) is 4.17. The first-order valence-electron chi connectivity index (χ1n) is 8.01. The van der Waals surface area contributed by atoms with E-state index in [1.165, 1.54) is 38.8 Å². The minimum absolute atomic E-state index is 0.484. The lowest BCUT2D eigenvalue weighted by atomic mass is 10.3. The zero-order valence-corrected chi connectivity index (χ0v) is 12.7. The Labute approximate surface area is 122 Å². The van der Waals surface area contributed by atoms with Gasteiger partial charge in [0.15, 0.2) is 5.82 Å². The van der Waals surface area contributed by atoms with Gasteiger partial charge in [-0.25, -0.2) is 0 Å². The molecule has 0 unspecified atom stereocenters. The van der Waals surface area contributed by atoms with Crippen molar-refractivity contribution in [1.82, 2.24) is 15.5 Å². The van der Waals surface area contributed by atoms with Crippen molar-refractivity contribution in [2.75, 3.05) is 18.0 Å². The van der Waals surface area contributed by atoms with Crippen LogP contribution in [0.15, 0.2) is 12.1 Å². The fourth-order valence-corrected chi connectivity index (χ4v) is 2.41. The average Bonchev–Trinajstić information content (AvgIpc) is 3.31. The van der Waals surface area contributed by atoms with Gasteiger partial charge in [-0.3, -0.25) is 0 Å². The Bertz CT molecular complexity index is 407. The second-order valence-corrected chi connectivity index (χ2v) is 6.71. The normalized spacial score (nSPS) is 18.6. The standard InChI is InChI=1S/C16H26N4/c1-12(2)17-9-15-7-8-16(19-18-15)20(10-13-3-4-13)11-14-5-6-14/h7-8,12-14,17H,3-6,9-11H2,1-2H3. The van der Waals surface area contributed by atoms with Crippen molar-refractivity contribution in [1.29, 1.82) is 0 Å². The number of hydrogen-bond acceptors (Lipinski definition) is 4. The summed E-state index contributed by atoms with van der Waals surface area (Å²) in [4.78, 5) is 2.46. The summed E-state index contributed by atoms with van der Waals surface area (Å²) in [5, 5.41) is 12.2. The maximum absolute atomic E-state index is 4.45. The second kappa shape index (κ2) is 6.08. The first kappa shape index (κ1) is 13.8. The van der Waals surface area contributed by atoms with Crippen molar-refractivity contribution in [2.45, 2.75) is 52.1 Å². The maximum atomic E-state index is 4.45. The molecule has 20 heavy (non-hydrogen) atoms. The molecule has 2 fully saturated rings. The fraction of sp³-hybridized carbons (Fsp3) is 0.750. The van der Waals surface area contributed by atoms with Crippen LogP contribution in [0.4, 0.5) is 5.82 Å². The highest BCUT2D eigenvalue weighted by molar-refractivity contribution is 5.38. The van der Waals surface area contributed by atoms with Crippen molar-refractivity contribution >= 4 is 5.82 Å². The second-order valence-electron chi connectivity index (χ2n) is 6.71. The molecule has 0 radical (unpaired) electrons. The molecule has 0 saturated heterocycles. The molecule has 0 aliphatic heterocycles. The van der Waals surface area contributed by atoms with Gasteiger partial charge in [-0.2, -0.15) is 5.10 Å². The van der Waals surface area contributed by atoms with Crippen molar-refractivity contribution < 1.29 is 0 Å². The number of nitrogens with zero attached hydrogens (tertiary/aromatic N) is 3. The lowest BCUT2D eigenvalue weighted by Crippen LogP contribution is -2.29. The Balaban J connectivity index is 1.60. The molecule has 1 aromatic rings. The molecule has 0 spiro atoms. The largest absolute Gasteiger partial charge is 0.355 e. The minimum atomic E-state index is 0.484. The van der Waals surface area contributed by atoms with E-state index < -0.39 is 0 Å². The Morgan fingerprint density at radius 2 is 1.75 bits per heavy atom. The summed E-state index contributed by atoms with van der Waals surface area (Å²) in [5.74, 6) is 2.87. The molecule has 1 aromatic heterocycles. The molecular formula is C16H26N4. The van der Waals surface area contributed by atoms with Crippen LogP contribution in [-0.4, -0.2) is 29.3 Å². The third-order valence-corrected chi connectivity index (χ3v) is 4.07. The van der Waals surface area contributed by atoms with Crippen LogP contribution in [0.3, 0.4) is 0 Å². The van der Waals surface area contributed by atoms with Gasteiger partial charge in [-0.1, -0.05) is 13.8 Å². The van der Waals surface area contributed by atoms with Crippen LogP contribution in [0.2, 0.25) is 0 Å². The summed E-state index contributed by atoms with van der Waals surface area (Å²) < 4.78 is 0. The van der Waals surface area contributed by atoms with Crippen LogP contribution in [0, 0.1) is 11.8 Å². The molecule has 2 aliphatic rings. The van der Waals surface area contributed by atoms with Gasteiger partial charge in [-0.15, -0.1) is 5.10 Å². The highest BCUT2D eigenvalue weighted by Crippen LogP contribution is 2.35. The molecule has 2 saturated carbocycles. The smallest absolute Gasteiger partial charge is 0.151 e. The molecule has 1 heterocycles.